The van der Waals surface area contributed by atoms with Crippen LogP contribution >= 0.6 is 0 Å². The molecule has 188 valence electrons. The number of hydrogen-bond acceptors (Lipinski definition) is 3. The molecule has 2 saturated heterocycles. The Labute approximate surface area is 201 Å². The summed E-state index contributed by atoms with van der Waals surface area (Å²) in [5.41, 5.74) is 4.11. The number of halogens is 5. The van der Waals surface area contributed by atoms with E-state index >= 15 is 0 Å². The lowest BCUT2D eigenvalue weighted by atomic mass is 9.81. The van der Waals surface area contributed by atoms with Crippen LogP contribution in [0.3, 0.4) is 0 Å². The Balaban J connectivity index is 0.000000147. The van der Waals surface area contributed by atoms with Crippen molar-refractivity contribution in [1.82, 2.24) is 15.2 Å². The van der Waals surface area contributed by atoms with Gasteiger partial charge >= 0.3 is 6.18 Å². The third kappa shape index (κ3) is 5.16. The molecule has 1 spiro atoms. The molecule has 0 bridgehead atoms. The molecule has 0 radical (unpaired) electrons. The van der Waals surface area contributed by atoms with Crippen molar-refractivity contribution in [3.63, 3.8) is 0 Å². The van der Waals surface area contributed by atoms with Gasteiger partial charge in [0, 0.05) is 72.5 Å². The molecule has 4 nitrogen and oxygen atoms in total. The van der Waals surface area contributed by atoms with E-state index in [2.05, 4.69) is 15.2 Å². The molecule has 2 aromatic carbocycles. The highest BCUT2D eigenvalue weighted by atomic mass is 19.4. The average molecular weight is 493 g/mol. The molecule has 1 aromatic heterocycles. The number of benzene rings is 2. The molecule has 4 heterocycles. The molecule has 2 fully saturated rings. The molecule has 1 unspecified atom stereocenters. The lowest BCUT2D eigenvalue weighted by Crippen LogP contribution is -2.54. The van der Waals surface area contributed by atoms with Crippen LogP contribution in [0.1, 0.15) is 24.6 Å². The van der Waals surface area contributed by atoms with E-state index in [1.807, 2.05) is 31.2 Å². The SMILES string of the molecule is CC1Cc2c([nH]c3ccccc23)CN1CC(F)(F)F.Fc1cc(F)cc(N2CCC3(CNC3)C2)c1. The second-order valence-corrected chi connectivity index (χ2v) is 10.1. The number of alkyl halides is 3. The standard InChI is InChI=1S/C14H15F3N2.C12H14F2N2/c1-9-6-11-10-4-2-3-5-12(10)18-13(11)7-19(9)8-14(15,16)17;13-9-3-10(14)5-11(4-9)16-2-1-12(8-16)6-15-7-12/h2-5,9,18H,6-8H2,1H3;3-5,15H,1-2,6-8H2. The van der Waals surface area contributed by atoms with E-state index < -0.39 is 24.4 Å². The fourth-order valence-corrected chi connectivity index (χ4v) is 5.49. The number of hydrogen-bond donors (Lipinski definition) is 2. The quantitative estimate of drug-likeness (QED) is 0.480. The highest BCUT2D eigenvalue weighted by Gasteiger charge is 2.43. The number of aromatic amines is 1. The molecule has 1 atom stereocenters. The van der Waals surface area contributed by atoms with Crippen LogP contribution in [0, 0.1) is 17.0 Å². The van der Waals surface area contributed by atoms with Gasteiger partial charge in [-0.2, -0.15) is 13.2 Å². The summed E-state index contributed by atoms with van der Waals surface area (Å²) in [6, 6.07) is 11.5. The number of para-hydroxylation sites is 1. The predicted molar refractivity (Wildman–Crippen MR) is 126 cm³/mol. The molecule has 6 rings (SSSR count). The smallest absolute Gasteiger partial charge is 0.371 e. The van der Waals surface area contributed by atoms with Gasteiger partial charge in [-0.1, -0.05) is 18.2 Å². The number of rotatable bonds is 2. The van der Waals surface area contributed by atoms with E-state index in [0.717, 1.165) is 55.3 Å². The van der Waals surface area contributed by atoms with E-state index in [4.69, 9.17) is 0 Å². The van der Waals surface area contributed by atoms with Crippen molar-refractivity contribution in [2.75, 3.05) is 37.6 Å². The zero-order chi connectivity index (χ0) is 24.8. The number of aromatic nitrogens is 1. The summed E-state index contributed by atoms with van der Waals surface area (Å²) >= 11 is 0. The minimum absolute atomic E-state index is 0.0895. The minimum Gasteiger partial charge on any atom is -0.371 e. The molecule has 2 N–H and O–H groups in total. The molecule has 0 saturated carbocycles. The first-order chi connectivity index (χ1) is 16.6. The fraction of sp³-hybridized carbons (Fsp3) is 0.462. The number of anilines is 1. The maximum absolute atomic E-state index is 13.1. The Bertz CT molecular complexity index is 1180. The summed E-state index contributed by atoms with van der Waals surface area (Å²) in [7, 11) is 0. The lowest BCUT2D eigenvalue weighted by Gasteiger charge is -2.39. The van der Waals surface area contributed by atoms with E-state index in [1.54, 1.807) is 0 Å². The van der Waals surface area contributed by atoms with Crippen molar-refractivity contribution in [2.24, 2.45) is 5.41 Å². The summed E-state index contributed by atoms with van der Waals surface area (Å²) in [5.74, 6) is -0.995. The fourth-order valence-electron chi connectivity index (χ4n) is 5.49. The van der Waals surface area contributed by atoms with Gasteiger partial charge in [0.1, 0.15) is 11.6 Å². The van der Waals surface area contributed by atoms with E-state index in [-0.39, 0.29) is 6.04 Å². The monoisotopic (exact) mass is 492 g/mol. The maximum atomic E-state index is 13.1. The van der Waals surface area contributed by atoms with Crippen molar-refractivity contribution < 1.29 is 22.0 Å². The highest BCUT2D eigenvalue weighted by Crippen LogP contribution is 2.37. The van der Waals surface area contributed by atoms with Crippen LogP contribution in [0.25, 0.3) is 10.9 Å². The first-order valence-corrected chi connectivity index (χ1v) is 11.9. The second-order valence-electron chi connectivity index (χ2n) is 10.1. The van der Waals surface area contributed by atoms with Crippen molar-refractivity contribution >= 4 is 16.6 Å². The third-order valence-corrected chi connectivity index (χ3v) is 7.42. The number of nitrogens with one attached hydrogen (secondary N) is 2. The Morgan fingerprint density at radius 1 is 1.06 bits per heavy atom. The third-order valence-electron chi connectivity index (χ3n) is 7.42. The lowest BCUT2D eigenvalue weighted by molar-refractivity contribution is -0.152. The molecule has 0 amide bonds. The average Bonchev–Trinajstić information content (AvgIpc) is 3.35. The van der Waals surface area contributed by atoms with E-state index in [9.17, 15) is 22.0 Å². The van der Waals surface area contributed by atoms with Gasteiger partial charge in [-0.05, 0) is 43.5 Å². The van der Waals surface area contributed by atoms with E-state index in [1.165, 1.54) is 22.6 Å². The van der Waals surface area contributed by atoms with Crippen LogP contribution in [0.5, 0.6) is 0 Å². The van der Waals surface area contributed by atoms with Gasteiger partial charge in [0.05, 0.1) is 6.54 Å². The van der Waals surface area contributed by atoms with Crippen molar-refractivity contribution in [3.8, 4) is 0 Å². The van der Waals surface area contributed by atoms with Crippen molar-refractivity contribution in [3.05, 3.63) is 65.4 Å². The number of fused-ring (bicyclic) bond motifs is 3. The van der Waals surface area contributed by atoms with Crippen LogP contribution in [0.4, 0.5) is 27.6 Å². The Hall–Kier alpha value is -2.65. The van der Waals surface area contributed by atoms with Crippen LogP contribution in [-0.2, 0) is 13.0 Å². The summed E-state index contributed by atoms with van der Waals surface area (Å²) in [4.78, 5) is 6.80. The molecule has 0 aliphatic carbocycles. The molecule has 3 aromatic rings. The Morgan fingerprint density at radius 3 is 2.40 bits per heavy atom. The first-order valence-electron chi connectivity index (χ1n) is 11.9. The summed E-state index contributed by atoms with van der Waals surface area (Å²) in [5, 5.41) is 4.40. The predicted octanol–water partition coefficient (Wildman–Crippen LogP) is 5.24. The molecule has 9 heteroatoms. The van der Waals surface area contributed by atoms with Gasteiger partial charge in [0.15, 0.2) is 0 Å². The van der Waals surface area contributed by atoms with Crippen LogP contribution < -0.4 is 10.2 Å². The summed E-state index contributed by atoms with van der Waals surface area (Å²) in [6.45, 7) is 5.21. The minimum atomic E-state index is -4.14. The van der Waals surface area contributed by atoms with Crippen molar-refractivity contribution in [1.29, 1.82) is 0 Å². The normalized spacial score (nSPS) is 21.5. The Kier molecular flexibility index (Phi) is 6.25. The number of H-pyrrole nitrogens is 1. The van der Waals surface area contributed by atoms with E-state index in [0.29, 0.717) is 24.1 Å². The van der Waals surface area contributed by atoms with Gasteiger partial charge in [0.2, 0.25) is 0 Å². The summed E-state index contributed by atoms with van der Waals surface area (Å²) < 4.78 is 63.8. The molecular weight excluding hydrogens is 463 g/mol. The van der Waals surface area contributed by atoms with Crippen molar-refractivity contribution in [2.45, 2.75) is 38.5 Å². The zero-order valence-electron chi connectivity index (χ0n) is 19.6. The maximum Gasteiger partial charge on any atom is 0.401 e. The molecule has 3 aliphatic heterocycles. The zero-order valence-corrected chi connectivity index (χ0v) is 19.6. The van der Waals surface area contributed by atoms with Gasteiger partial charge in [-0.15, -0.1) is 0 Å². The van der Waals surface area contributed by atoms with Crippen LogP contribution in [-0.4, -0.2) is 54.8 Å². The molecular formula is C26H29F5N4. The molecule has 3 aliphatic rings. The van der Waals surface area contributed by atoms with Gasteiger partial charge in [0.25, 0.3) is 0 Å². The van der Waals surface area contributed by atoms with Gasteiger partial charge in [-0.25, -0.2) is 8.78 Å². The Morgan fingerprint density at radius 2 is 1.77 bits per heavy atom. The van der Waals surface area contributed by atoms with Gasteiger partial charge < -0.3 is 15.2 Å². The van der Waals surface area contributed by atoms with Crippen LogP contribution in [0.2, 0.25) is 0 Å². The first kappa shape index (κ1) is 24.1. The summed E-state index contributed by atoms with van der Waals surface area (Å²) in [6.07, 6.45) is -2.37. The molecule has 35 heavy (non-hydrogen) atoms. The largest absolute Gasteiger partial charge is 0.401 e. The second kappa shape index (κ2) is 9.09. The van der Waals surface area contributed by atoms with Gasteiger partial charge in [-0.3, -0.25) is 4.90 Å². The van der Waals surface area contributed by atoms with Crippen LogP contribution in [0.15, 0.2) is 42.5 Å². The topological polar surface area (TPSA) is 34.3 Å². The highest BCUT2D eigenvalue weighted by molar-refractivity contribution is 5.84. The number of nitrogens with zero attached hydrogens (tertiary/aromatic N) is 2.